The Labute approximate surface area is 119 Å². The molecule has 0 saturated heterocycles. The fraction of sp³-hybridized carbons (Fsp3) is 0. The number of nitrogens with one attached hydrogen (secondary N) is 2. The maximum Gasteiger partial charge on any atom is 0.0539 e. The van der Waals surface area contributed by atoms with E-state index in [0.29, 0.717) is 0 Å². The molecule has 0 saturated carbocycles. The number of hydrazine groups is 1. The number of benzene rings is 2. The summed E-state index contributed by atoms with van der Waals surface area (Å²) in [6.07, 6.45) is 3.50. The highest BCUT2D eigenvalue weighted by atomic mass is 15.4. The van der Waals surface area contributed by atoms with Crippen LogP contribution in [0.3, 0.4) is 0 Å². The maximum atomic E-state index is 3.78. The molecule has 3 heteroatoms. The Balaban J connectivity index is 0.000000205. The lowest BCUT2D eigenvalue weighted by Crippen LogP contribution is -2.07. The van der Waals surface area contributed by atoms with Crippen molar-refractivity contribution in [2.45, 2.75) is 0 Å². The molecule has 0 atom stereocenters. The van der Waals surface area contributed by atoms with E-state index in [9.17, 15) is 0 Å². The fourth-order valence-corrected chi connectivity index (χ4v) is 1.50. The van der Waals surface area contributed by atoms with E-state index in [-0.39, 0.29) is 0 Å². The number of aromatic nitrogens is 1. The summed E-state index contributed by atoms with van der Waals surface area (Å²) in [5, 5.41) is 0. The van der Waals surface area contributed by atoms with Crippen LogP contribution in [-0.2, 0) is 0 Å². The van der Waals surface area contributed by atoms with Crippen LogP contribution in [0.2, 0.25) is 0 Å². The van der Waals surface area contributed by atoms with Gasteiger partial charge in [0.2, 0.25) is 0 Å². The van der Waals surface area contributed by atoms with Crippen molar-refractivity contribution in [1.82, 2.24) is 4.98 Å². The van der Waals surface area contributed by atoms with Gasteiger partial charge < -0.3 is 10.9 Å². The Hall–Kier alpha value is -2.81. The summed E-state index contributed by atoms with van der Waals surface area (Å²) in [6, 6.07) is 25.7. The van der Waals surface area contributed by atoms with Crippen LogP contribution in [0.5, 0.6) is 0 Å². The van der Waals surface area contributed by atoms with Crippen LogP contribution in [-0.4, -0.2) is 4.98 Å². The van der Waals surface area contributed by atoms with Crippen LogP contribution in [0, 0.1) is 0 Å². The molecule has 0 aliphatic rings. The molecular weight excluding hydrogens is 246 g/mol. The van der Waals surface area contributed by atoms with Crippen molar-refractivity contribution >= 4 is 11.4 Å². The number of hydrogen-bond donors (Lipinski definition) is 2. The van der Waals surface area contributed by atoms with Crippen LogP contribution < -0.4 is 10.9 Å². The Morgan fingerprint density at radius 1 is 0.500 bits per heavy atom. The number of rotatable bonds is 3. The summed E-state index contributed by atoms with van der Waals surface area (Å²) in [6.45, 7) is 0. The Kier molecular flexibility index (Phi) is 5.66. The molecule has 3 aromatic rings. The predicted octanol–water partition coefficient (Wildman–Crippen LogP) is 4.21. The fourth-order valence-electron chi connectivity index (χ4n) is 1.50. The second-order valence-corrected chi connectivity index (χ2v) is 4.01. The first-order valence-corrected chi connectivity index (χ1v) is 6.42. The first-order valence-electron chi connectivity index (χ1n) is 6.42. The SMILES string of the molecule is c1ccc(NNc2ccccc2)cc1.c1ccncc1. The van der Waals surface area contributed by atoms with Crippen molar-refractivity contribution in [3.63, 3.8) is 0 Å². The van der Waals surface area contributed by atoms with Gasteiger partial charge in [-0.15, -0.1) is 0 Å². The molecule has 20 heavy (non-hydrogen) atoms. The third-order valence-electron chi connectivity index (χ3n) is 2.47. The number of nitrogens with zero attached hydrogens (tertiary/aromatic N) is 1. The average molecular weight is 263 g/mol. The van der Waals surface area contributed by atoms with Crippen LogP contribution in [0.1, 0.15) is 0 Å². The van der Waals surface area contributed by atoms with Gasteiger partial charge in [-0.1, -0.05) is 42.5 Å². The summed E-state index contributed by atoms with van der Waals surface area (Å²) >= 11 is 0. The van der Waals surface area contributed by atoms with Gasteiger partial charge in [-0.3, -0.25) is 4.98 Å². The van der Waals surface area contributed by atoms with Crippen molar-refractivity contribution < 1.29 is 0 Å². The second kappa shape index (κ2) is 8.32. The molecule has 0 aliphatic heterocycles. The molecule has 3 rings (SSSR count). The molecule has 0 spiro atoms. The first kappa shape index (κ1) is 13.6. The standard InChI is InChI=1S/C12H12N2.C5H5N/c1-3-7-11(8-4-1)13-14-12-9-5-2-6-10-12;1-2-4-6-5-3-1/h1-10,13-14H;1-5H. The monoisotopic (exact) mass is 263 g/mol. The third kappa shape index (κ3) is 5.23. The number of anilines is 2. The predicted molar refractivity (Wildman–Crippen MR) is 84.4 cm³/mol. The van der Waals surface area contributed by atoms with Crippen molar-refractivity contribution in [2.24, 2.45) is 0 Å². The lowest BCUT2D eigenvalue weighted by Gasteiger charge is -2.08. The minimum absolute atomic E-state index is 1.05. The lowest BCUT2D eigenvalue weighted by atomic mass is 10.3. The molecular formula is C17H17N3. The highest BCUT2D eigenvalue weighted by molar-refractivity contribution is 5.51. The Bertz CT molecular complexity index is 502. The van der Waals surface area contributed by atoms with Gasteiger partial charge in [0.1, 0.15) is 0 Å². The van der Waals surface area contributed by atoms with E-state index in [1.54, 1.807) is 12.4 Å². The zero-order valence-corrected chi connectivity index (χ0v) is 11.1. The minimum Gasteiger partial charge on any atom is -0.301 e. The molecule has 0 aliphatic carbocycles. The largest absolute Gasteiger partial charge is 0.301 e. The van der Waals surface area contributed by atoms with E-state index in [0.717, 1.165) is 11.4 Å². The molecule has 0 bridgehead atoms. The maximum absolute atomic E-state index is 3.78. The van der Waals surface area contributed by atoms with Gasteiger partial charge in [0.25, 0.3) is 0 Å². The van der Waals surface area contributed by atoms with Gasteiger partial charge in [-0.25, -0.2) is 0 Å². The summed E-state index contributed by atoms with van der Waals surface area (Å²) in [7, 11) is 0. The first-order chi connectivity index (χ1) is 9.95. The van der Waals surface area contributed by atoms with E-state index in [4.69, 9.17) is 0 Å². The minimum atomic E-state index is 1.05. The van der Waals surface area contributed by atoms with Gasteiger partial charge in [-0.2, -0.15) is 0 Å². The molecule has 3 nitrogen and oxygen atoms in total. The summed E-state index contributed by atoms with van der Waals surface area (Å²) < 4.78 is 0. The number of para-hydroxylation sites is 2. The zero-order valence-electron chi connectivity index (χ0n) is 11.1. The van der Waals surface area contributed by atoms with E-state index >= 15 is 0 Å². The zero-order chi connectivity index (χ0) is 13.9. The average Bonchev–Trinajstić information content (AvgIpc) is 2.57. The highest BCUT2D eigenvalue weighted by Gasteiger charge is 1.88. The third-order valence-corrected chi connectivity index (χ3v) is 2.47. The van der Waals surface area contributed by atoms with Gasteiger partial charge in [0, 0.05) is 12.4 Å². The smallest absolute Gasteiger partial charge is 0.0539 e. The van der Waals surface area contributed by atoms with E-state index in [1.807, 2.05) is 78.9 Å². The molecule has 1 heterocycles. The molecule has 0 amide bonds. The molecule has 2 N–H and O–H groups in total. The second-order valence-electron chi connectivity index (χ2n) is 4.01. The summed E-state index contributed by atoms with van der Waals surface area (Å²) in [4.78, 5) is 3.78. The summed E-state index contributed by atoms with van der Waals surface area (Å²) in [5.74, 6) is 0. The molecule has 0 unspecified atom stereocenters. The Morgan fingerprint density at radius 3 is 1.20 bits per heavy atom. The van der Waals surface area contributed by atoms with E-state index in [1.165, 1.54) is 0 Å². The van der Waals surface area contributed by atoms with Gasteiger partial charge >= 0.3 is 0 Å². The highest BCUT2D eigenvalue weighted by Crippen LogP contribution is 2.08. The van der Waals surface area contributed by atoms with E-state index in [2.05, 4.69) is 15.8 Å². The van der Waals surface area contributed by atoms with Gasteiger partial charge in [0.15, 0.2) is 0 Å². The van der Waals surface area contributed by atoms with Crippen LogP contribution >= 0.6 is 0 Å². The number of pyridine rings is 1. The molecule has 0 fully saturated rings. The molecule has 1 aromatic heterocycles. The molecule has 2 aromatic carbocycles. The normalized spacial score (nSPS) is 9.00. The Morgan fingerprint density at radius 2 is 0.900 bits per heavy atom. The quantitative estimate of drug-likeness (QED) is 0.695. The molecule has 0 radical (unpaired) electrons. The van der Waals surface area contributed by atoms with Gasteiger partial charge in [0.05, 0.1) is 11.4 Å². The van der Waals surface area contributed by atoms with Crippen molar-refractivity contribution in [2.75, 3.05) is 10.9 Å². The van der Waals surface area contributed by atoms with Crippen molar-refractivity contribution in [1.29, 1.82) is 0 Å². The van der Waals surface area contributed by atoms with Crippen molar-refractivity contribution in [3.05, 3.63) is 91.3 Å². The van der Waals surface area contributed by atoms with E-state index < -0.39 is 0 Å². The van der Waals surface area contributed by atoms with Crippen LogP contribution in [0.4, 0.5) is 11.4 Å². The van der Waals surface area contributed by atoms with Crippen LogP contribution in [0.15, 0.2) is 91.3 Å². The van der Waals surface area contributed by atoms with Gasteiger partial charge in [-0.05, 0) is 36.4 Å². The van der Waals surface area contributed by atoms with Crippen LogP contribution in [0.25, 0.3) is 0 Å². The van der Waals surface area contributed by atoms with Crippen molar-refractivity contribution in [3.8, 4) is 0 Å². The topological polar surface area (TPSA) is 37.0 Å². The summed E-state index contributed by atoms with van der Waals surface area (Å²) in [5.41, 5.74) is 8.33. The molecule has 100 valence electrons. The number of hydrogen-bond acceptors (Lipinski definition) is 3. The lowest BCUT2D eigenvalue weighted by molar-refractivity contribution is 1.33.